The van der Waals surface area contributed by atoms with Gasteiger partial charge in [0.25, 0.3) is 5.91 Å². The maximum atomic E-state index is 13.1. The van der Waals surface area contributed by atoms with Crippen molar-refractivity contribution >= 4 is 12.0 Å². The fraction of sp³-hybridized carbons (Fsp3) is 0.789. The van der Waals surface area contributed by atoms with E-state index in [0.29, 0.717) is 25.2 Å². The van der Waals surface area contributed by atoms with Gasteiger partial charge in [-0.25, -0.2) is 4.79 Å². The molecule has 2 amide bonds. The van der Waals surface area contributed by atoms with Crippen LogP contribution in [0.1, 0.15) is 33.1 Å². The molecule has 2 heterocycles. The van der Waals surface area contributed by atoms with Crippen molar-refractivity contribution in [3.63, 3.8) is 0 Å². The lowest BCUT2D eigenvalue weighted by atomic mass is 9.93. The number of nitrogens with one attached hydrogen (secondary N) is 1. The van der Waals surface area contributed by atoms with Crippen molar-refractivity contribution in [2.75, 3.05) is 46.4 Å². The van der Waals surface area contributed by atoms with Crippen LogP contribution in [0.25, 0.3) is 0 Å². The van der Waals surface area contributed by atoms with Crippen LogP contribution < -0.4 is 5.32 Å². The summed E-state index contributed by atoms with van der Waals surface area (Å²) in [4.78, 5) is 28.6. The monoisotopic (exact) mass is 383 g/mol. The summed E-state index contributed by atoms with van der Waals surface area (Å²) in [7, 11) is 1.51. The molecule has 8 nitrogen and oxygen atoms in total. The molecule has 0 aromatic heterocycles. The highest BCUT2D eigenvalue weighted by molar-refractivity contribution is 5.93. The van der Waals surface area contributed by atoms with Gasteiger partial charge in [0.2, 0.25) is 6.29 Å². The Morgan fingerprint density at radius 2 is 1.96 bits per heavy atom. The predicted octanol–water partition coefficient (Wildman–Crippen LogP) is 1.16. The van der Waals surface area contributed by atoms with Crippen molar-refractivity contribution in [1.29, 1.82) is 0 Å². The van der Waals surface area contributed by atoms with Crippen LogP contribution in [-0.4, -0.2) is 79.6 Å². The van der Waals surface area contributed by atoms with Crippen molar-refractivity contribution in [3.8, 4) is 0 Å². The molecule has 0 aliphatic carbocycles. The molecule has 2 rings (SSSR count). The van der Waals surface area contributed by atoms with Crippen molar-refractivity contribution in [3.05, 3.63) is 11.8 Å². The number of hydrogen-bond acceptors (Lipinski definition) is 6. The summed E-state index contributed by atoms with van der Waals surface area (Å²) in [5.74, 6) is 0.112. The molecule has 0 saturated carbocycles. The number of carbonyl (C=O) groups is 2. The lowest BCUT2D eigenvalue weighted by molar-refractivity contribution is -0.130. The first-order valence-electron chi connectivity index (χ1n) is 9.82. The third-order valence-electron chi connectivity index (χ3n) is 5.37. The van der Waals surface area contributed by atoms with Gasteiger partial charge in [0.1, 0.15) is 0 Å². The Kier molecular flexibility index (Phi) is 8.37. The molecule has 1 saturated heterocycles. The molecule has 1 fully saturated rings. The van der Waals surface area contributed by atoms with Crippen LogP contribution in [0.3, 0.4) is 0 Å². The maximum Gasteiger partial charge on any atom is 0.409 e. The number of aliphatic hydroxyl groups excluding tert-OH is 1. The Bertz CT molecular complexity index is 531. The zero-order valence-electron chi connectivity index (χ0n) is 16.6. The Morgan fingerprint density at radius 3 is 2.59 bits per heavy atom. The van der Waals surface area contributed by atoms with Crippen molar-refractivity contribution < 1.29 is 24.2 Å². The minimum absolute atomic E-state index is 0.0144. The maximum absolute atomic E-state index is 13.1. The normalized spacial score (nSPS) is 29.4. The number of carbonyl (C=O) groups excluding carboxylic acids is 2. The van der Waals surface area contributed by atoms with E-state index in [2.05, 4.69) is 10.2 Å². The van der Waals surface area contributed by atoms with E-state index in [0.717, 1.165) is 32.4 Å². The number of alkyl carbamates (subject to hydrolysis) is 1. The van der Waals surface area contributed by atoms with Crippen LogP contribution in [0.4, 0.5) is 4.79 Å². The molecule has 3 atom stereocenters. The summed E-state index contributed by atoms with van der Waals surface area (Å²) in [6, 6.07) is 0. The number of nitrogens with zero attached hydrogens (tertiary/aromatic N) is 2. The Hall–Kier alpha value is -1.80. The van der Waals surface area contributed by atoms with E-state index >= 15 is 0 Å². The molecule has 3 unspecified atom stereocenters. The summed E-state index contributed by atoms with van der Waals surface area (Å²) in [6.07, 6.45) is 2.94. The van der Waals surface area contributed by atoms with E-state index in [-0.39, 0.29) is 24.3 Å². The molecule has 27 heavy (non-hydrogen) atoms. The van der Waals surface area contributed by atoms with Gasteiger partial charge in [-0.1, -0.05) is 20.3 Å². The van der Waals surface area contributed by atoms with Crippen LogP contribution in [-0.2, 0) is 14.3 Å². The van der Waals surface area contributed by atoms with E-state index < -0.39 is 12.4 Å². The van der Waals surface area contributed by atoms with E-state index in [1.54, 1.807) is 0 Å². The number of aliphatic hydroxyl groups is 1. The first-order chi connectivity index (χ1) is 13.0. The van der Waals surface area contributed by atoms with Crippen LogP contribution in [0, 0.1) is 11.8 Å². The van der Waals surface area contributed by atoms with Crippen molar-refractivity contribution in [2.24, 2.45) is 11.8 Å². The third kappa shape index (κ3) is 6.10. The highest BCUT2D eigenvalue weighted by atomic mass is 16.7. The molecule has 0 radical (unpaired) electrons. The van der Waals surface area contributed by atoms with Gasteiger partial charge in [0, 0.05) is 45.7 Å². The average molecular weight is 383 g/mol. The number of piperazine rings is 1. The molecular weight excluding hydrogens is 350 g/mol. The zero-order valence-corrected chi connectivity index (χ0v) is 16.6. The largest absolute Gasteiger partial charge is 0.462 e. The number of amides is 2. The molecule has 154 valence electrons. The lowest BCUT2D eigenvalue weighted by Crippen LogP contribution is -2.50. The molecule has 8 heteroatoms. The van der Waals surface area contributed by atoms with Crippen molar-refractivity contribution in [2.45, 2.75) is 39.4 Å². The molecular formula is C19H33N3O5. The van der Waals surface area contributed by atoms with Crippen LogP contribution >= 0.6 is 0 Å². The first kappa shape index (κ1) is 21.5. The molecule has 2 aliphatic heterocycles. The first-order valence-corrected chi connectivity index (χ1v) is 9.82. The van der Waals surface area contributed by atoms with E-state index in [1.807, 2.05) is 18.7 Å². The molecule has 0 bridgehead atoms. The molecule has 0 aromatic rings. The minimum Gasteiger partial charge on any atom is -0.462 e. The Balaban J connectivity index is 2.07. The summed E-state index contributed by atoms with van der Waals surface area (Å²) in [6.45, 7) is 7.59. The Labute approximate surface area is 161 Å². The predicted molar refractivity (Wildman–Crippen MR) is 101 cm³/mol. The second-order valence-electron chi connectivity index (χ2n) is 7.40. The smallest absolute Gasteiger partial charge is 0.409 e. The van der Waals surface area contributed by atoms with Gasteiger partial charge < -0.3 is 24.8 Å². The molecule has 0 aromatic carbocycles. The summed E-state index contributed by atoms with van der Waals surface area (Å²) in [5, 5.41) is 11.5. The Morgan fingerprint density at radius 1 is 1.26 bits per heavy atom. The van der Waals surface area contributed by atoms with Crippen molar-refractivity contribution in [1.82, 2.24) is 15.1 Å². The minimum atomic E-state index is -0.709. The van der Waals surface area contributed by atoms with Gasteiger partial charge in [-0.3, -0.25) is 9.69 Å². The van der Waals surface area contributed by atoms with E-state index in [9.17, 15) is 9.59 Å². The summed E-state index contributed by atoms with van der Waals surface area (Å²) >= 11 is 0. The molecule has 0 spiro atoms. The van der Waals surface area contributed by atoms with Gasteiger partial charge in [0.15, 0.2) is 0 Å². The second kappa shape index (κ2) is 10.5. The van der Waals surface area contributed by atoms with Gasteiger partial charge in [-0.15, -0.1) is 0 Å². The second-order valence-corrected chi connectivity index (χ2v) is 7.40. The highest BCUT2D eigenvalue weighted by Gasteiger charge is 2.30. The standard InChI is InChI=1S/C19H33N3O5/c1-14-5-4-6-15(2)18(27-19(25)20-3)26-13-16(14)17(24)22-9-7-21(8-10-22)11-12-23/h13-15,18,23H,4-12H2,1-3H3,(H,20,25)/b16-13+. The quantitative estimate of drug-likeness (QED) is 0.757. The summed E-state index contributed by atoms with van der Waals surface area (Å²) in [5.41, 5.74) is 0.630. The highest BCUT2D eigenvalue weighted by Crippen LogP contribution is 2.27. The van der Waals surface area contributed by atoms with Gasteiger partial charge in [-0.05, 0) is 18.8 Å². The third-order valence-corrected chi connectivity index (χ3v) is 5.37. The fourth-order valence-corrected chi connectivity index (χ4v) is 3.50. The zero-order chi connectivity index (χ0) is 19.8. The lowest BCUT2D eigenvalue weighted by Gasteiger charge is -2.35. The topological polar surface area (TPSA) is 91.3 Å². The molecule has 2 aliphatic rings. The van der Waals surface area contributed by atoms with E-state index in [4.69, 9.17) is 14.6 Å². The van der Waals surface area contributed by atoms with Crippen LogP contribution in [0.5, 0.6) is 0 Å². The van der Waals surface area contributed by atoms with Crippen LogP contribution in [0.15, 0.2) is 11.8 Å². The molecule has 2 N–H and O–H groups in total. The average Bonchev–Trinajstić information content (AvgIpc) is 2.73. The summed E-state index contributed by atoms with van der Waals surface area (Å²) < 4.78 is 11.1. The number of hydrogen-bond donors (Lipinski definition) is 2. The van der Waals surface area contributed by atoms with Gasteiger partial charge in [0.05, 0.1) is 18.4 Å². The fourth-order valence-electron chi connectivity index (χ4n) is 3.50. The SMILES string of the molecule is CNC(=O)OC1O/C=C(/C(=O)N2CCN(CCO)CC2)C(C)CCCC1C. The number of rotatable bonds is 4. The van der Waals surface area contributed by atoms with E-state index in [1.165, 1.54) is 13.3 Å². The number of β-amino-alcohol motifs (C(OH)–C–C–N with tert-alkyl or cyclic N) is 1. The number of ether oxygens (including phenoxy) is 2. The van der Waals surface area contributed by atoms with Gasteiger partial charge in [-0.2, -0.15) is 0 Å². The van der Waals surface area contributed by atoms with Gasteiger partial charge >= 0.3 is 6.09 Å². The van der Waals surface area contributed by atoms with Crippen LogP contribution in [0.2, 0.25) is 0 Å².